The third-order valence-electron chi connectivity index (χ3n) is 1.65. The van der Waals surface area contributed by atoms with Crippen molar-refractivity contribution in [1.29, 1.82) is 0 Å². The third-order valence-corrected chi connectivity index (χ3v) is 2.56. The van der Waals surface area contributed by atoms with E-state index in [4.69, 9.17) is 4.74 Å². The number of ether oxygens (including phenoxy) is 2. The SMILES string of the molecule is COC(=O)c1csc(CCOCC(F)F)n1. The van der Waals surface area contributed by atoms with Crippen LogP contribution in [0.4, 0.5) is 8.78 Å². The van der Waals surface area contributed by atoms with Crippen molar-refractivity contribution in [3.8, 4) is 0 Å². The number of aromatic nitrogens is 1. The zero-order chi connectivity index (χ0) is 12.0. The van der Waals surface area contributed by atoms with Gasteiger partial charge in [0.25, 0.3) is 6.43 Å². The van der Waals surface area contributed by atoms with E-state index in [0.717, 1.165) is 0 Å². The van der Waals surface area contributed by atoms with Gasteiger partial charge in [0.15, 0.2) is 5.69 Å². The van der Waals surface area contributed by atoms with Crippen molar-refractivity contribution in [2.75, 3.05) is 20.3 Å². The fourth-order valence-electron chi connectivity index (χ4n) is 0.956. The maximum absolute atomic E-state index is 11.7. The van der Waals surface area contributed by atoms with Gasteiger partial charge in [0.1, 0.15) is 6.61 Å². The fourth-order valence-corrected chi connectivity index (χ4v) is 1.70. The molecule has 0 fully saturated rings. The summed E-state index contributed by atoms with van der Waals surface area (Å²) in [4.78, 5) is 15.0. The molecule has 0 spiro atoms. The standard InChI is InChI=1S/C9H11F2NO3S/c1-14-9(13)6-5-16-8(12-6)2-3-15-4-7(10)11/h5,7H,2-4H2,1H3. The molecule has 0 saturated heterocycles. The second kappa shape index (κ2) is 6.49. The summed E-state index contributed by atoms with van der Waals surface area (Å²) < 4.78 is 32.6. The minimum atomic E-state index is -2.46. The van der Waals surface area contributed by atoms with Gasteiger partial charge in [-0.25, -0.2) is 18.6 Å². The Kier molecular flexibility index (Phi) is 5.27. The van der Waals surface area contributed by atoms with Crippen molar-refractivity contribution in [2.24, 2.45) is 0 Å². The van der Waals surface area contributed by atoms with E-state index in [2.05, 4.69) is 9.72 Å². The van der Waals surface area contributed by atoms with Gasteiger partial charge in [0, 0.05) is 11.8 Å². The number of thiazole rings is 1. The number of carbonyl (C=O) groups excluding carboxylic acids is 1. The van der Waals surface area contributed by atoms with E-state index in [1.165, 1.54) is 18.4 Å². The molecule has 16 heavy (non-hydrogen) atoms. The molecule has 0 N–H and O–H groups in total. The van der Waals surface area contributed by atoms with Gasteiger partial charge in [0.2, 0.25) is 0 Å². The van der Waals surface area contributed by atoms with Crippen LogP contribution in [-0.4, -0.2) is 37.7 Å². The molecule has 1 heterocycles. The predicted molar refractivity (Wildman–Crippen MR) is 54.0 cm³/mol. The number of methoxy groups -OCH3 is 1. The number of carbonyl (C=O) groups is 1. The highest BCUT2D eigenvalue weighted by Crippen LogP contribution is 2.11. The Hall–Kier alpha value is -1.08. The topological polar surface area (TPSA) is 48.4 Å². The minimum Gasteiger partial charge on any atom is -0.464 e. The number of rotatable bonds is 6. The van der Waals surface area contributed by atoms with Crippen LogP contribution in [0.2, 0.25) is 0 Å². The van der Waals surface area contributed by atoms with Crippen LogP contribution in [0.5, 0.6) is 0 Å². The molecular formula is C9H11F2NO3S. The third kappa shape index (κ3) is 4.19. The molecule has 1 aromatic heterocycles. The Morgan fingerprint density at radius 3 is 3.00 bits per heavy atom. The Labute approximate surface area is 95.2 Å². The van der Waals surface area contributed by atoms with Crippen LogP contribution in [0, 0.1) is 0 Å². The summed E-state index contributed by atoms with van der Waals surface area (Å²) in [7, 11) is 1.27. The average molecular weight is 251 g/mol. The first-order chi connectivity index (χ1) is 7.63. The van der Waals surface area contributed by atoms with Crippen molar-refractivity contribution in [3.63, 3.8) is 0 Å². The lowest BCUT2D eigenvalue weighted by Crippen LogP contribution is -2.07. The first-order valence-corrected chi connectivity index (χ1v) is 5.40. The number of hydrogen-bond acceptors (Lipinski definition) is 5. The Bertz CT molecular complexity index is 343. The molecule has 0 saturated carbocycles. The van der Waals surface area contributed by atoms with Crippen LogP contribution in [0.3, 0.4) is 0 Å². The molecular weight excluding hydrogens is 240 g/mol. The zero-order valence-electron chi connectivity index (χ0n) is 8.61. The van der Waals surface area contributed by atoms with Crippen LogP contribution in [0.25, 0.3) is 0 Å². The van der Waals surface area contributed by atoms with Crippen molar-refractivity contribution in [2.45, 2.75) is 12.8 Å². The largest absolute Gasteiger partial charge is 0.464 e. The van der Waals surface area contributed by atoms with Crippen LogP contribution in [-0.2, 0) is 15.9 Å². The highest BCUT2D eigenvalue weighted by molar-refractivity contribution is 7.09. The minimum absolute atomic E-state index is 0.165. The lowest BCUT2D eigenvalue weighted by Gasteiger charge is -2.00. The fraction of sp³-hybridized carbons (Fsp3) is 0.556. The number of nitrogens with zero attached hydrogens (tertiary/aromatic N) is 1. The summed E-state index contributed by atoms with van der Waals surface area (Å²) >= 11 is 1.27. The molecule has 1 aromatic rings. The molecule has 0 aliphatic rings. The van der Waals surface area contributed by atoms with Gasteiger partial charge >= 0.3 is 5.97 Å². The highest BCUT2D eigenvalue weighted by atomic mass is 32.1. The smallest absolute Gasteiger partial charge is 0.357 e. The van der Waals surface area contributed by atoms with Crippen molar-refractivity contribution >= 4 is 17.3 Å². The van der Waals surface area contributed by atoms with Gasteiger partial charge in [-0.2, -0.15) is 0 Å². The van der Waals surface area contributed by atoms with Gasteiger partial charge in [-0.05, 0) is 0 Å². The quantitative estimate of drug-likeness (QED) is 0.571. The normalized spacial score (nSPS) is 10.8. The molecule has 0 aliphatic carbocycles. The van der Waals surface area contributed by atoms with Crippen molar-refractivity contribution < 1.29 is 23.0 Å². The number of halogens is 2. The van der Waals surface area contributed by atoms with Crippen molar-refractivity contribution in [3.05, 3.63) is 16.1 Å². The lowest BCUT2D eigenvalue weighted by atomic mass is 10.4. The van der Waals surface area contributed by atoms with Gasteiger partial charge in [-0.3, -0.25) is 0 Å². The molecule has 0 aromatic carbocycles. The summed E-state index contributed by atoms with van der Waals surface area (Å²) in [5.74, 6) is -0.504. The number of hydrogen-bond donors (Lipinski definition) is 0. The second-order valence-electron chi connectivity index (χ2n) is 2.83. The van der Waals surface area contributed by atoms with E-state index in [1.54, 1.807) is 5.38 Å². The summed E-state index contributed by atoms with van der Waals surface area (Å²) in [6.07, 6.45) is -2.05. The first-order valence-electron chi connectivity index (χ1n) is 4.52. The molecule has 7 heteroatoms. The van der Waals surface area contributed by atoms with Crippen LogP contribution in [0.15, 0.2) is 5.38 Å². The Morgan fingerprint density at radius 2 is 2.38 bits per heavy atom. The molecule has 0 amide bonds. The summed E-state index contributed by atoms with van der Waals surface area (Å²) in [6, 6.07) is 0. The monoisotopic (exact) mass is 251 g/mol. The number of alkyl halides is 2. The zero-order valence-corrected chi connectivity index (χ0v) is 9.43. The second-order valence-corrected chi connectivity index (χ2v) is 3.78. The predicted octanol–water partition coefficient (Wildman–Crippen LogP) is 1.75. The Morgan fingerprint density at radius 1 is 1.62 bits per heavy atom. The van der Waals surface area contributed by atoms with Gasteiger partial charge in [0.05, 0.1) is 18.7 Å². The maximum Gasteiger partial charge on any atom is 0.357 e. The molecule has 4 nitrogen and oxygen atoms in total. The molecule has 0 aliphatic heterocycles. The van der Waals surface area contributed by atoms with Gasteiger partial charge < -0.3 is 9.47 Å². The van der Waals surface area contributed by atoms with Crippen LogP contribution < -0.4 is 0 Å². The molecule has 0 bridgehead atoms. The van der Waals surface area contributed by atoms with Crippen LogP contribution >= 0.6 is 11.3 Å². The highest BCUT2D eigenvalue weighted by Gasteiger charge is 2.10. The van der Waals surface area contributed by atoms with E-state index < -0.39 is 19.0 Å². The molecule has 0 unspecified atom stereocenters. The van der Waals surface area contributed by atoms with E-state index in [0.29, 0.717) is 11.4 Å². The molecule has 0 atom stereocenters. The van der Waals surface area contributed by atoms with E-state index in [9.17, 15) is 13.6 Å². The van der Waals surface area contributed by atoms with E-state index in [-0.39, 0.29) is 12.3 Å². The first kappa shape index (κ1) is 13.0. The van der Waals surface area contributed by atoms with E-state index >= 15 is 0 Å². The summed E-state index contributed by atoms with van der Waals surface area (Å²) in [6.45, 7) is -0.409. The summed E-state index contributed by atoms with van der Waals surface area (Å²) in [5.41, 5.74) is 0.233. The van der Waals surface area contributed by atoms with Gasteiger partial charge in [-0.15, -0.1) is 11.3 Å². The van der Waals surface area contributed by atoms with Crippen molar-refractivity contribution in [1.82, 2.24) is 4.98 Å². The molecule has 1 rings (SSSR count). The average Bonchev–Trinajstić information content (AvgIpc) is 2.71. The van der Waals surface area contributed by atoms with E-state index in [1.807, 2.05) is 0 Å². The molecule has 90 valence electrons. The maximum atomic E-state index is 11.7. The number of esters is 1. The summed E-state index contributed by atoms with van der Waals surface area (Å²) in [5, 5.41) is 2.23. The molecule has 0 radical (unpaired) electrons. The Balaban J connectivity index is 2.32. The lowest BCUT2D eigenvalue weighted by molar-refractivity contribution is 0.0187. The van der Waals surface area contributed by atoms with Gasteiger partial charge in [-0.1, -0.05) is 0 Å². The van der Waals surface area contributed by atoms with Crippen LogP contribution in [0.1, 0.15) is 15.5 Å².